The van der Waals surface area contributed by atoms with E-state index < -0.39 is 0 Å². The summed E-state index contributed by atoms with van der Waals surface area (Å²) in [7, 11) is 0. The summed E-state index contributed by atoms with van der Waals surface area (Å²) in [6.07, 6.45) is 0. The lowest BCUT2D eigenvalue weighted by Gasteiger charge is -2.15. The summed E-state index contributed by atoms with van der Waals surface area (Å²) in [6, 6.07) is 24.5. The topological polar surface area (TPSA) is 76.6 Å². The maximum Gasteiger partial charge on any atom is 0.205 e. The van der Waals surface area contributed by atoms with E-state index in [1.165, 1.54) is 0 Å². The molecule has 152 valence electrons. The Morgan fingerprint density at radius 1 is 0.871 bits per heavy atom. The highest BCUT2D eigenvalue weighted by atomic mass is 16.5. The van der Waals surface area contributed by atoms with E-state index in [1.807, 2.05) is 56.3 Å². The van der Waals surface area contributed by atoms with E-state index in [2.05, 4.69) is 55.9 Å². The Balaban J connectivity index is 1.52. The van der Waals surface area contributed by atoms with Crippen molar-refractivity contribution in [2.45, 2.75) is 20.5 Å². The van der Waals surface area contributed by atoms with Crippen LogP contribution >= 0.6 is 0 Å². The Morgan fingerprint density at radius 2 is 1.68 bits per heavy atom. The van der Waals surface area contributed by atoms with Crippen molar-refractivity contribution >= 4 is 10.9 Å². The Bertz CT molecular complexity index is 1350. The highest BCUT2D eigenvalue weighted by molar-refractivity contribution is 5.86. The largest absolute Gasteiger partial charge is 0.488 e. The van der Waals surface area contributed by atoms with Crippen molar-refractivity contribution in [1.82, 2.24) is 25.6 Å². The number of para-hydroxylation sites is 1. The zero-order valence-corrected chi connectivity index (χ0v) is 17.3. The lowest BCUT2D eigenvalue weighted by atomic mass is 9.97. The smallest absolute Gasteiger partial charge is 0.205 e. The number of hydrogen-bond acceptors (Lipinski definition) is 5. The SMILES string of the molecule is Cc1nc2ccccc2c(OCc2ccc(-c3ccccc3)c(-c3nn[nH]n3)c2)c1C. The van der Waals surface area contributed by atoms with Crippen LogP contribution in [-0.2, 0) is 6.61 Å². The number of ether oxygens (including phenoxy) is 1. The van der Waals surface area contributed by atoms with Crippen LogP contribution in [0.15, 0.2) is 72.8 Å². The van der Waals surface area contributed by atoms with Gasteiger partial charge in [-0.05, 0) is 54.0 Å². The number of tetrazole rings is 1. The molecular formula is C25H21N5O. The van der Waals surface area contributed by atoms with Crippen LogP contribution in [0.2, 0.25) is 0 Å². The first-order valence-electron chi connectivity index (χ1n) is 10.1. The first-order valence-corrected chi connectivity index (χ1v) is 10.1. The molecule has 5 rings (SSSR count). The van der Waals surface area contributed by atoms with Crippen LogP contribution in [-0.4, -0.2) is 25.6 Å². The van der Waals surface area contributed by atoms with Crippen molar-refractivity contribution in [3.05, 3.63) is 89.6 Å². The molecule has 0 spiro atoms. The molecule has 3 aromatic carbocycles. The second-order valence-electron chi connectivity index (χ2n) is 7.44. The minimum absolute atomic E-state index is 0.425. The normalized spacial score (nSPS) is 11.0. The fourth-order valence-electron chi connectivity index (χ4n) is 3.75. The molecule has 0 atom stereocenters. The molecule has 0 bridgehead atoms. The molecule has 6 heteroatoms. The second kappa shape index (κ2) is 7.99. The van der Waals surface area contributed by atoms with E-state index in [1.54, 1.807) is 0 Å². The Morgan fingerprint density at radius 3 is 2.48 bits per heavy atom. The number of aromatic nitrogens is 5. The fraction of sp³-hybridized carbons (Fsp3) is 0.120. The standard InChI is InChI=1S/C25H21N5O/c1-16-17(2)26-23-11-7-6-10-21(23)24(16)31-15-18-12-13-20(19-8-4-3-5-9-19)22(14-18)25-27-29-30-28-25/h3-14H,15H2,1-2H3,(H,27,28,29,30). The molecule has 0 unspecified atom stereocenters. The van der Waals surface area contributed by atoms with Gasteiger partial charge in [0.05, 0.1) is 5.52 Å². The molecule has 0 saturated carbocycles. The summed E-state index contributed by atoms with van der Waals surface area (Å²) in [4.78, 5) is 4.68. The molecule has 6 nitrogen and oxygen atoms in total. The van der Waals surface area contributed by atoms with E-state index in [0.717, 1.165) is 50.2 Å². The van der Waals surface area contributed by atoms with Crippen molar-refractivity contribution in [1.29, 1.82) is 0 Å². The summed E-state index contributed by atoms with van der Waals surface area (Å²) in [5.74, 6) is 1.43. The monoisotopic (exact) mass is 407 g/mol. The van der Waals surface area contributed by atoms with E-state index in [4.69, 9.17) is 4.74 Å². The van der Waals surface area contributed by atoms with Crippen molar-refractivity contribution in [3.63, 3.8) is 0 Å². The Hall–Kier alpha value is -4.06. The molecule has 0 amide bonds. The van der Waals surface area contributed by atoms with Crippen LogP contribution in [0.1, 0.15) is 16.8 Å². The number of rotatable bonds is 5. The average molecular weight is 407 g/mol. The third-order valence-electron chi connectivity index (χ3n) is 5.46. The number of nitrogens with one attached hydrogen (secondary N) is 1. The zero-order chi connectivity index (χ0) is 21.2. The molecule has 0 fully saturated rings. The van der Waals surface area contributed by atoms with Gasteiger partial charge < -0.3 is 4.74 Å². The quantitative estimate of drug-likeness (QED) is 0.429. The van der Waals surface area contributed by atoms with E-state index >= 15 is 0 Å². The number of nitrogens with zero attached hydrogens (tertiary/aromatic N) is 4. The molecule has 31 heavy (non-hydrogen) atoms. The highest BCUT2D eigenvalue weighted by Crippen LogP contribution is 2.33. The molecule has 2 aromatic heterocycles. The number of H-pyrrole nitrogens is 1. The van der Waals surface area contributed by atoms with Crippen molar-refractivity contribution in [2.75, 3.05) is 0 Å². The summed E-state index contributed by atoms with van der Waals surface area (Å²) < 4.78 is 6.33. The van der Waals surface area contributed by atoms with Gasteiger partial charge in [-0.3, -0.25) is 4.98 Å². The van der Waals surface area contributed by atoms with Gasteiger partial charge in [0.2, 0.25) is 5.82 Å². The molecule has 0 saturated heterocycles. The molecule has 0 aliphatic carbocycles. The molecule has 0 aliphatic rings. The van der Waals surface area contributed by atoms with Gasteiger partial charge in [0.15, 0.2) is 0 Å². The first-order chi connectivity index (χ1) is 15.2. The molecule has 5 aromatic rings. The van der Waals surface area contributed by atoms with Crippen molar-refractivity contribution < 1.29 is 4.74 Å². The van der Waals surface area contributed by atoms with Gasteiger partial charge in [0.25, 0.3) is 0 Å². The molecule has 1 N–H and O–H groups in total. The summed E-state index contributed by atoms with van der Waals surface area (Å²) in [5.41, 5.74) is 7.05. The predicted molar refractivity (Wildman–Crippen MR) is 121 cm³/mol. The molecule has 0 aliphatic heterocycles. The fourth-order valence-corrected chi connectivity index (χ4v) is 3.75. The van der Waals surface area contributed by atoms with E-state index in [0.29, 0.717) is 12.4 Å². The number of hydrogen-bond donors (Lipinski definition) is 1. The first kappa shape index (κ1) is 18.9. The van der Waals surface area contributed by atoms with Crippen LogP contribution in [0.5, 0.6) is 5.75 Å². The maximum absolute atomic E-state index is 6.33. The predicted octanol–water partition coefficient (Wildman–Crippen LogP) is 5.28. The summed E-state index contributed by atoms with van der Waals surface area (Å²) in [6.45, 7) is 4.49. The van der Waals surface area contributed by atoms with Gasteiger partial charge in [0.1, 0.15) is 12.4 Å². The van der Waals surface area contributed by atoms with Crippen LogP contribution in [0, 0.1) is 13.8 Å². The summed E-state index contributed by atoms with van der Waals surface area (Å²) >= 11 is 0. The number of pyridine rings is 1. The Kier molecular flexibility index (Phi) is 4.88. The summed E-state index contributed by atoms with van der Waals surface area (Å²) in [5, 5.41) is 15.7. The lowest BCUT2D eigenvalue weighted by Crippen LogP contribution is -2.01. The van der Waals surface area contributed by atoms with Gasteiger partial charge in [-0.1, -0.05) is 54.6 Å². The average Bonchev–Trinajstić information content (AvgIpc) is 3.35. The number of fused-ring (bicyclic) bond motifs is 1. The van der Waals surface area contributed by atoms with Crippen LogP contribution in [0.25, 0.3) is 33.4 Å². The second-order valence-corrected chi connectivity index (χ2v) is 7.44. The number of aryl methyl sites for hydroxylation is 1. The minimum atomic E-state index is 0.425. The maximum atomic E-state index is 6.33. The van der Waals surface area contributed by atoms with E-state index in [-0.39, 0.29) is 0 Å². The van der Waals surface area contributed by atoms with Crippen molar-refractivity contribution in [3.8, 4) is 28.3 Å². The molecule has 0 radical (unpaired) electrons. The third-order valence-corrected chi connectivity index (χ3v) is 5.46. The minimum Gasteiger partial charge on any atom is -0.488 e. The molecular weight excluding hydrogens is 386 g/mol. The van der Waals surface area contributed by atoms with Gasteiger partial charge in [0, 0.05) is 22.2 Å². The lowest BCUT2D eigenvalue weighted by molar-refractivity contribution is 0.307. The van der Waals surface area contributed by atoms with Crippen LogP contribution in [0.3, 0.4) is 0 Å². The third kappa shape index (κ3) is 3.64. The number of benzene rings is 3. The molecule has 2 heterocycles. The Labute approximate surface area is 179 Å². The van der Waals surface area contributed by atoms with Gasteiger partial charge in [-0.25, -0.2) is 0 Å². The van der Waals surface area contributed by atoms with E-state index in [9.17, 15) is 0 Å². The zero-order valence-electron chi connectivity index (χ0n) is 17.3. The highest BCUT2D eigenvalue weighted by Gasteiger charge is 2.14. The van der Waals surface area contributed by atoms with Gasteiger partial charge >= 0.3 is 0 Å². The van der Waals surface area contributed by atoms with Gasteiger partial charge in [-0.2, -0.15) is 5.21 Å². The van der Waals surface area contributed by atoms with Crippen LogP contribution < -0.4 is 4.74 Å². The van der Waals surface area contributed by atoms with Crippen molar-refractivity contribution in [2.24, 2.45) is 0 Å². The van der Waals surface area contributed by atoms with Crippen LogP contribution in [0.4, 0.5) is 0 Å². The number of aromatic amines is 1. The van der Waals surface area contributed by atoms with Gasteiger partial charge in [-0.15, -0.1) is 10.2 Å².